The molecule has 2 rings (SSSR count). The number of rotatable bonds is 4. The molecule has 4 nitrogen and oxygen atoms in total. The van der Waals surface area contributed by atoms with Crippen molar-refractivity contribution in [1.82, 2.24) is 10.2 Å². The molecule has 0 unspecified atom stereocenters. The van der Waals surface area contributed by atoms with E-state index in [2.05, 4.69) is 0 Å². The molecule has 1 aromatic rings. The van der Waals surface area contributed by atoms with E-state index in [0.29, 0.717) is 19.4 Å². The second kappa shape index (κ2) is 6.80. The first-order chi connectivity index (χ1) is 9.96. The molecule has 0 saturated carbocycles. The number of hydrogen-bond donors (Lipinski definition) is 1. The van der Waals surface area contributed by atoms with Crippen LogP contribution in [-0.2, 0) is 11.3 Å². The second-order valence-electron chi connectivity index (χ2n) is 4.91. The van der Waals surface area contributed by atoms with Gasteiger partial charge >= 0.3 is 12.4 Å². The molecule has 1 N–H and O–H groups in total. The highest BCUT2D eigenvalue weighted by Crippen LogP contribution is 2.20. The van der Waals surface area contributed by atoms with Gasteiger partial charge in [0, 0.05) is 19.1 Å². The van der Waals surface area contributed by atoms with Crippen LogP contribution >= 0.6 is 0 Å². The number of carbonyl (C=O) groups is 1. The molecule has 0 aromatic heterocycles. The van der Waals surface area contributed by atoms with Gasteiger partial charge in [0.2, 0.25) is 0 Å². The third-order valence-corrected chi connectivity index (χ3v) is 3.35. The van der Waals surface area contributed by atoms with Crippen molar-refractivity contribution in [2.45, 2.75) is 31.8 Å². The first-order valence-electron chi connectivity index (χ1n) is 6.75. The van der Waals surface area contributed by atoms with E-state index in [1.54, 1.807) is 0 Å². The Labute approximate surface area is 120 Å². The molecular formula is C14H17F3N2O2. The number of nitrogens with zero attached hydrogens (tertiary/aromatic N) is 1. The molecular weight excluding hydrogens is 285 g/mol. The summed E-state index contributed by atoms with van der Waals surface area (Å²) < 4.78 is 41.6. The van der Waals surface area contributed by atoms with Crippen molar-refractivity contribution in [3.8, 4) is 0 Å². The Morgan fingerprint density at radius 2 is 2.05 bits per heavy atom. The molecule has 1 saturated heterocycles. The highest BCUT2D eigenvalue weighted by atomic mass is 19.4. The third kappa shape index (κ3) is 4.93. The van der Waals surface area contributed by atoms with Crippen LogP contribution in [0.1, 0.15) is 18.4 Å². The van der Waals surface area contributed by atoms with Crippen LogP contribution in [0.5, 0.6) is 0 Å². The predicted molar refractivity (Wildman–Crippen MR) is 70.4 cm³/mol. The first kappa shape index (κ1) is 15.6. The predicted octanol–water partition coefficient (Wildman–Crippen LogP) is 2.90. The summed E-state index contributed by atoms with van der Waals surface area (Å²) in [6.45, 7) is 0.247. The van der Waals surface area contributed by atoms with Crippen molar-refractivity contribution >= 4 is 6.09 Å². The van der Waals surface area contributed by atoms with Gasteiger partial charge in [-0.05, 0) is 18.4 Å². The lowest BCUT2D eigenvalue weighted by molar-refractivity contribution is -0.158. The minimum Gasteiger partial charge on any atom is -0.445 e. The molecule has 7 heteroatoms. The number of likely N-dealkylation sites (tertiary alicyclic amines) is 1. The first-order valence-corrected chi connectivity index (χ1v) is 6.75. The average Bonchev–Trinajstić information content (AvgIpc) is 2.91. The number of alkyl halides is 3. The Morgan fingerprint density at radius 1 is 1.33 bits per heavy atom. The summed E-state index contributed by atoms with van der Waals surface area (Å²) in [5, 5.41) is 1.47. The lowest BCUT2D eigenvalue weighted by Gasteiger charge is -2.24. The summed E-state index contributed by atoms with van der Waals surface area (Å²) in [6, 6.07) is 8.67. The van der Waals surface area contributed by atoms with E-state index in [0.717, 1.165) is 5.56 Å². The quantitative estimate of drug-likeness (QED) is 0.870. The average molecular weight is 302 g/mol. The number of nitrogens with one attached hydrogen (secondary N) is 1. The smallest absolute Gasteiger partial charge is 0.445 e. The summed E-state index contributed by atoms with van der Waals surface area (Å²) in [4.78, 5) is 13.3. The fourth-order valence-corrected chi connectivity index (χ4v) is 2.32. The Morgan fingerprint density at radius 3 is 2.71 bits per heavy atom. The molecule has 1 aromatic carbocycles. The van der Waals surface area contributed by atoms with Gasteiger partial charge in [-0.2, -0.15) is 13.2 Å². The summed E-state index contributed by atoms with van der Waals surface area (Å²) in [5.41, 5.74) is 0.843. The molecule has 1 atom stereocenters. The number of hydrogen-bond acceptors (Lipinski definition) is 3. The van der Waals surface area contributed by atoms with Crippen molar-refractivity contribution < 1.29 is 22.7 Å². The normalized spacial score (nSPS) is 18.8. The molecule has 0 spiro atoms. The molecule has 0 aliphatic carbocycles. The van der Waals surface area contributed by atoms with Crippen LogP contribution in [-0.4, -0.2) is 36.4 Å². The van der Waals surface area contributed by atoms with Crippen LogP contribution in [0.3, 0.4) is 0 Å². The van der Waals surface area contributed by atoms with Crippen molar-refractivity contribution in [2.24, 2.45) is 0 Å². The number of carbonyl (C=O) groups excluding carboxylic acids is 1. The SMILES string of the molecule is O=C(OCc1ccccc1)N1CCC[C@@H]1CNC(F)(F)F. The zero-order chi connectivity index (χ0) is 15.3. The molecule has 0 radical (unpaired) electrons. The van der Waals surface area contributed by atoms with Gasteiger partial charge in [0.25, 0.3) is 0 Å². The topological polar surface area (TPSA) is 41.6 Å². The lowest BCUT2D eigenvalue weighted by atomic mass is 10.2. The van der Waals surface area contributed by atoms with Crippen molar-refractivity contribution in [2.75, 3.05) is 13.1 Å². The number of halogens is 3. The molecule has 1 heterocycles. The molecule has 1 aliphatic heterocycles. The molecule has 21 heavy (non-hydrogen) atoms. The number of benzene rings is 1. The van der Waals surface area contributed by atoms with Crippen molar-refractivity contribution in [3.63, 3.8) is 0 Å². The van der Waals surface area contributed by atoms with Gasteiger partial charge in [0.15, 0.2) is 0 Å². The Kier molecular flexibility index (Phi) is 5.06. The maximum Gasteiger partial charge on any atom is 0.457 e. The molecule has 0 bridgehead atoms. The largest absolute Gasteiger partial charge is 0.457 e. The maximum absolute atomic E-state index is 12.2. The Balaban J connectivity index is 1.83. The fourth-order valence-electron chi connectivity index (χ4n) is 2.32. The summed E-state index contributed by atoms with van der Waals surface area (Å²) >= 11 is 0. The monoisotopic (exact) mass is 302 g/mol. The Hall–Kier alpha value is -1.76. The zero-order valence-corrected chi connectivity index (χ0v) is 11.4. The van der Waals surface area contributed by atoms with Crippen LogP contribution in [0.25, 0.3) is 0 Å². The summed E-state index contributed by atoms with van der Waals surface area (Å²) in [5.74, 6) is 0. The minimum atomic E-state index is -4.43. The zero-order valence-electron chi connectivity index (χ0n) is 11.4. The van der Waals surface area contributed by atoms with Gasteiger partial charge < -0.3 is 9.64 Å². The van der Waals surface area contributed by atoms with Gasteiger partial charge in [0.05, 0.1) is 0 Å². The van der Waals surface area contributed by atoms with Crippen LogP contribution in [0.4, 0.5) is 18.0 Å². The van der Waals surface area contributed by atoms with Crippen LogP contribution < -0.4 is 5.32 Å². The standard InChI is InChI=1S/C14H17F3N2O2/c15-14(16,17)18-9-12-7-4-8-19(12)13(20)21-10-11-5-2-1-3-6-11/h1-3,5-6,12,18H,4,7-10H2/t12-/m1/s1. The van der Waals surface area contributed by atoms with Gasteiger partial charge in [0.1, 0.15) is 6.61 Å². The van der Waals surface area contributed by atoms with Gasteiger partial charge in [-0.3, -0.25) is 0 Å². The van der Waals surface area contributed by atoms with Gasteiger partial charge in [-0.15, -0.1) is 0 Å². The highest BCUT2D eigenvalue weighted by molar-refractivity contribution is 5.68. The van der Waals surface area contributed by atoms with E-state index >= 15 is 0 Å². The summed E-state index contributed by atoms with van der Waals surface area (Å²) in [6.07, 6.45) is -3.76. The Bertz CT molecular complexity index is 465. The van der Waals surface area contributed by atoms with Crippen LogP contribution in [0, 0.1) is 0 Å². The van der Waals surface area contributed by atoms with Crippen LogP contribution in [0.2, 0.25) is 0 Å². The van der Waals surface area contributed by atoms with Gasteiger partial charge in [-0.1, -0.05) is 30.3 Å². The molecule has 1 fully saturated rings. The van der Waals surface area contributed by atoms with E-state index in [9.17, 15) is 18.0 Å². The van der Waals surface area contributed by atoms with Crippen molar-refractivity contribution in [3.05, 3.63) is 35.9 Å². The van der Waals surface area contributed by atoms with E-state index in [1.165, 1.54) is 10.2 Å². The van der Waals surface area contributed by atoms with E-state index in [-0.39, 0.29) is 13.2 Å². The van der Waals surface area contributed by atoms with E-state index in [4.69, 9.17) is 4.74 Å². The van der Waals surface area contributed by atoms with Crippen molar-refractivity contribution in [1.29, 1.82) is 0 Å². The lowest BCUT2D eigenvalue weighted by Crippen LogP contribution is -2.45. The molecule has 1 aliphatic rings. The third-order valence-electron chi connectivity index (χ3n) is 3.35. The molecule has 116 valence electrons. The molecule has 1 amide bonds. The van der Waals surface area contributed by atoms with E-state index < -0.39 is 18.4 Å². The maximum atomic E-state index is 12.2. The van der Waals surface area contributed by atoms with Crippen LogP contribution in [0.15, 0.2) is 30.3 Å². The second-order valence-corrected chi connectivity index (χ2v) is 4.91. The highest BCUT2D eigenvalue weighted by Gasteiger charge is 2.34. The van der Waals surface area contributed by atoms with Gasteiger partial charge in [-0.25, -0.2) is 10.1 Å². The number of amides is 1. The number of ether oxygens (including phenoxy) is 1. The van der Waals surface area contributed by atoms with E-state index in [1.807, 2.05) is 30.3 Å². The fraction of sp³-hybridized carbons (Fsp3) is 0.500. The summed E-state index contributed by atoms with van der Waals surface area (Å²) in [7, 11) is 0. The minimum absolute atomic E-state index is 0.121.